The molecule has 0 heterocycles. The molecule has 81 heavy (non-hydrogen) atoms. The number of carboxylic acids is 1. The van der Waals surface area contributed by atoms with E-state index in [9.17, 15) is 19.5 Å². The standard InChI is InChI=1S/C72H107NO8/c1-6-8-10-12-14-16-18-20-22-24-25-26-27-28-29-30-31-32-33-34-35-36-37-38-39-40-41-42-43-44-45-47-49-51-53-55-57-59-61-63-70(75)81-68(67-80-72(71(76)77)78-65-64-73(3,4)5)66-79-69(74)62-60-58-56-54-52-50-48-46-23-21-19-17-15-13-11-9-7-2/h8-11,14-17,20-23,25-26,28-29,31-32,34-35,37-38,40-41,43-44,47-50,53-56,68,72H,6-7,12-13,18-19,24,27,30,33,36,39,42,45-46,51-52,57-67H2,1-5H3/p+1/b10-8-,11-9-,16-14-,17-15-,22-20-,23-21-,26-25-,29-28-,32-31-,35-34-,38-37-,41-40-,44-43-,49-47-,50-48-,55-53-,56-54-. The molecule has 0 aromatic heterocycles. The van der Waals surface area contributed by atoms with Crippen LogP contribution in [0.4, 0.5) is 0 Å². The quantitative estimate of drug-likeness (QED) is 0.0211. The summed E-state index contributed by atoms with van der Waals surface area (Å²) >= 11 is 0. The average Bonchev–Trinajstić information content (AvgIpc) is 3.44. The minimum atomic E-state index is -1.55. The van der Waals surface area contributed by atoms with Crippen LogP contribution in [0, 0.1) is 0 Å². The minimum Gasteiger partial charge on any atom is -0.477 e. The van der Waals surface area contributed by atoms with Gasteiger partial charge in [0.25, 0.3) is 6.29 Å². The predicted molar refractivity (Wildman–Crippen MR) is 345 cm³/mol. The van der Waals surface area contributed by atoms with E-state index in [0.717, 1.165) is 128 Å². The van der Waals surface area contributed by atoms with Gasteiger partial charge in [-0.15, -0.1) is 0 Å². The predicted octanol–water partition coefficient (Wildman–Crippen LogP) is 18.4. The summed E-state index contributed by atoms with van der Waals surface area (Å²) in [5, 5.41) is 9.69. The molecule has 0 rings (SSSR count). The van der Waals surface area contributed by atoms with E-state index in [-0.39, 0.29) is 32.7 Å². The highest BCUT2D eigenvalue weighted by atomic mass is 16.7. The Balaban J connectivity index is 4.39. The van der Waals surface area contributed by atoms with Gasteiger partial charge in [0.1, 0.15) is 13.2 Å². The van der Waals surface area contributed by atoms with Crippen LogP contribution in [0.15, 0.2) is 207 Å². The molecule has 2 atom stereocenters. The molecule has 1 N–H and O–H groups in total. The molecule has 0 aromatic carbocycles. The van der Waals surface area contributed by atoms with Crippen molar-refractivity contribution in [2.24, 2.45) is 0 Å². The van der Waals surface area contributed by atoms with Crippen LogP contribution >= 0.6 is 0 Å². The van der Waals surface area contributed by atoms with Gasteiger partial charge in [0.15, 0.2) is 6.10 Å². The lowest BCUT2D eigenvalue weighted by Crippen LogP contribution is -2.40. The Labute approximate surface area is 493 Å². The molecule has 0 saturated heterocycles. The number of carbonyl (C=O) groups excluding carboxylic acids is 2. The molecule has 0 radical (unpaired) electrons. The Hall–Kier alpha value is -6.13. The lowest BCUT2D eigenvalue weighted by molar-refractivity contribution is -0.870. The molecule has 0 aromatic rings. The van der Waals surface area contributed by atoms with E-state index in [1.54, 1.807) is 0 Å². The second kappa shape index (κ2) is 60.0. The maximum atomic E-state index is 12.9. The van der Waals surface area contributed by atoms with Crippen LogP contribution in [0.5, 0.6) is 0 Å². The fourth-order valence-corrected chi connectivity index (χ4v) is 6.97. The number of carboxylic acid groups (broad SMARTS) is 1. The zero-order valence-electron chi connectivity index (χ0n) is 50.8. The molecule has 9 heteroatoms. The summed E-state index contributed by atoms with van der Waals surface area (Å²) in [6.07, 6.45) is 92.2. The van der Waals surface area contributed by atoms with E-state index in [1.165, 1.54) is 0 Å². The number of allylic oxidation sites excluding steroid dienone is 34. The Morgan fingerprint density at radius 3 is 0.975 bits per heavy atom. The number of unbranched alkanes of at least 4 members (excludes halogenated alkanes) is 3. The van der Waals surface area contributed by atoms with Gasteiger partial charge in [-0.1, -0.05) is 220 Å². The highest BCUT2D eigenvalue weighted by molar-refractivity contribution is 5.71. The Kier molecular flexibility index (Phi) is 55.4. The number of aliphatic carboxylic acids is 1. The van der Waals surface area contributed by atoms with Crippen molar-refractivity contribution < 1.29 is 42.9 Å². The Morgan fingerprint density at radius 1 is 0.370 bits per heavy atom. The SMILES string of the molecule is CC/C=C\C/C=C\C/C=C\C/C=C\C/C=C\C/C=C\C/C=C\C/C=C\C/C=C\C/C=C\C/C=C\C/C=C\CCCCC(=O)OC(COC(=O)CCC/C=C\C/C=C\C/C=C\C/C=C\C/C=C\CC)COC(OCC[N+](C)(C)C)C(=O)O. The molecule has 0 aliphatic rings. The highest BCUT2D eigenvalue weighted by Crippen LogP contribution is 2.10. The molecule has 0 saturated carbocycles. The van der Waals surface area contributed by atoms with Gasteiger partial charge < -0.3 is 28.5 Å². The van der Waals surface area contributed by atoms with Crippen LogP contribution in [0.2, 0.25) is 0 Å². The summed E-state index contributed by atoms with van der Waals surface area (Å²) in [7, 11) is 5.91. The van der Waals surface area contributed by atoms with Crippen LogP contribution in [0.3, 0.4) is 0 Å². The number of hydrogen-bond acceptors (Lipinski definition) is 7. The van der Waals surface area contributed by atoms with Crippen LogP contribution in [-0.2, 0) is 33.3 Å². The monoisotopic (exact) mass is 1110 g/mol. The third-order valence-electron chi connectivity index (χ3n) is 11.5. The molecular weight excluding hydrogens is 1010 g/mol. The van der Waals surface area contributed by atoms with Crippen LogP contribution in [0.25, 0.3) is 0 Å². The van der Waals surface area contributed by atoms with E-state index in [2.05, 4.69) is 220 Å². The normalized spacial score (nSPS) is 14.2. The molecule has 0 aliphatic carbocycles. The number of likely N-dealkylation sites (N-methyl/N-ethyl adjacent to an activating group) is 1. The summed E-state index contributed by atoms with van der Waals surface area (Å²) in [5.41, 5.74) is 0. The first-order chi connectivity index (χ1) is 39.6. The summed E-state index contributed by atoms with van der Waals surface area (Å²) in [4.78, 5) is 37.4. The number of esters is 2. The van der Waals surface area contributed by atoms with Gasteiger partial charge in [-0.2, -0.15) is 0 Å². The van der Waals surface area contributed by atoms with Gasteiger partial charge in [-0.25, -0.2) is 4.79 Å². The largest absolute Gasteiger partial charge is 0.477 e. The number of rotatable bonds is 52. The number of hydrogen-bond donors (Lipinski definition) is 1. The van der Waals surface area contributed by atoms with Gasteiger partial charge in [-0.05, 0) is 141 Å². The van der Waals surface area contributed by atoms with Crippen molar-refractivity contribution in [1.29, 1.82) is 0 Å². The number of carbonyl (C=O) groups is 3. The molecule has 0 aliphatic heterocycles. The summed E-state index contributed by atoms with van der Waals surface area (Å²) < 4.78 is 22.7. The maximum Gasteiger partial charge on any atom is 0.361 e. The van der Waals surface area contributed by atoms with Crippen molar-refractivity contribution in [2.75, 3.05) is 47.5 Å². The molecular formula is C72H108NO8+. The number of ether oxygens (including phenoxy) is 4. The Bertz CT molecular complexity index is 2070. The third kappa shape index (κ3) is 61.3. The van der Waals surface area contributed by atoms with Gasteiger partial charge >= 0.3 is 17.9 Å². The lowest BCUT2D eigenvalue weighted by atomic mass is 10.2. The number of quaternary nitrogens is 1. The van der Waals surface area contributed by atoms with E-state index in [4.69, 9.17) is 18.9 Å². The summed E-state index contributed by atoms with van der Waals surface area (Å²) in [5.74, 6) is -2.18. The van der Waals surface area contributed by atoms with Crippen molar-refractivity contribution in [1.82, 2.24) is 0 Å². The van der Waals surface area contributed by atoms with Gasteiger partial charge in [-0.3, -0.25) is 9.59 Å². The molecule has 2 unspecified atom stereocenters. The molecule has 0 fully saturated rings. The Morgan fingerprint density at radius 2 is 0.667 bits per heavy atom. The number of nitrogens with zero attached hydrogens (tertiary/aromatic N) is 1. The van der Waals surface area contributed by atoms with E-state index in [1.807, 2.05) is 21.1 Å². The topological polar surface area (TPSA) is 108 Å². The first kappa shape index (κ1) is 74.9. The molecule has 0 bridgehead atoms. The zero-order chi connectivity index (χ0) is 59.1. The zero-order valence-corrected chi connectivity index (χ0v) is 50.8. The third-order valence-corrected chi connectivity index (χ3v) is 11.5. The fraction of sp³-hybridized carbons (Fsp3) is 0.486. The van der Waals surface area contributed by atoms with Crippen LogP contribution in [-0.4, -0.2) is 87.4 Å². The summed E-state index contributed by atoms with van der Waals surface area (Å²) in [6, 6.07) is 0. The molecule has 9 nitrogen and oxygen atoms in total. The highest BCUT2D eigenvalue weighted by Gasteiger charge is 2.25. The summed E-state index contributed by atoms with van der Waals surface area (Å²) in [6.45, 7) is 4.48. The van der Waals surface area contributed by atoms with Crippen molar-refractivity contribution in [3.05, 3.63) is 207 Å². The van der Waals surface area contributed by atoms with Gasteiger partial charge in [0, 0.05) is 12.8 Å². The molecule has 0 spiro atoms. The lowest BCUT2D eigenvalue weighted by Gasteiger charge is -2.25. The van der Waals surface area contributed by atoms with Crippen molar-refractivity contribution in [2.45, 2.75) is 180 Å². The minimum absolute atomic E-state index is 0.157. The van der Waals surface area contributed by atoms with E-state index >= 15 is 0 Å². The fourth-order valence-electron chi connectivity index (χ4n) is 6.97. The van der Waals surface area contributed by atoms with Crippen molar-refractivity contribution >= 4 is 17.9 Å². The van der Waals surface area contributed by atoms with Gasteiger partial charge in [0.05, 0.1) is 34.4 Å². The average molecular weight is 1120 g/mol. The molecule has 448 valence electrons. The van der Waals surface area contributed by atoms with Crippen LogP contribution in [0.1, 0.15) is 168 Å². The molecule has 0 amide bonds. The van der Waals surface area contributed by atoms with E-state index < -0.39 is 30.3 Å². The second-order valence-corrected chi connectivity index (χ2v) is 20.2. The van der Waals surface area contributed by atoms with E-state index in [0.29, 0.717) is 23.9 Å². The van der Waals surface area contributed by atoms with Crippen molar-refractivity contribution in [3.63, 3.8) is 0 Å². The first-order valence-electron chi connectivity index (χ1n) is 30.2. The van der Waals surface area contributed by atoms with Crippen molar-refractivity contribution in [3.8, 4) is 0 Å². The second-order valence-electron chi connectivity index (χ2n) is 20.2. The van der Waals surface area contributed by atoms with Crippen LogP contribution < -0.4 is 0 Å². The smallest absolute Gasteiger partial charge is 0.361 e. The maximum absolute atomic E-state index is 12.9. The van der Waals surface area contributed by atoms with Gasteiger partial charge in [0.2, 0.25) is 0 Å². The first-order valence-corrected chi connectivity index (χ1v) is 30.2.